The summed E-state index contributed by atoms with van der Waals surface area (Å²) in [5, 5.41) is 11.6. The average Bonchev–Trinajstić information content (AvgIpc) is 2.72. The molecule has 18 heavy (non-hydrogen) atoms. The molecule has 104 valence electrons. The molecule has 0 bridgehead atoms. The van der Waals surface area contributed by atoms with Gasteiger partial charge >= 0.3 is 0 Å². The zero-order chi connectivity index (χ0) is 13.8. The first-order valence-electron chi connectivity index (χ1n) is 5.52. The normalized spacial score (nSPS) is 13.0. The van der Waals surface area contributed by atoms with Crippen LogP contribution in [0, 0.1) is 0 Å². The van der Waals surface area contributed by atoms with E-state index in [0.717, 1.165) is 19.3 Å². The lowest BCUT2D eigenvalue weighted by atomic mass is 10.2. The van der Waals surface area contributed by atoms with Crippen molar-refractivity contribution in [1.82, 2.24) is 20.2 Å². The fourth-order valence-corrected chi connectivity index (χ4v) is 1.68. The molecule has 4 nitrogen and oxygen atoms in total. The first-order chi connectivity index (χ1) is 8.29. The fourth-order valence-electron chi connectivity index (χ4n) is 1.27. The molecule has 0 unspecified atom stereocenters. The summed E-state index contributed by atoms with van der Waals surface area (Å²) in [6.45, 7) is 2.78. The van der Waals surface area contributed by atoms with E-state index in [0.29, 0.717) is 6.54 Å². The Labute approximate surface area is 131 Å². The van der Waals surface area contributed by atoms with Crippen molar-refractivity contribution >= 4 is 58.0 Å². The Bertz CT molecular complexity index is 373. The van der Waals surface area contributed by atoms with Crippen LogP contribution in [0.5, 0.6) is 0 Å². The van der Waals surface area contributed by atoms with E-state index in [9.17, 15) is 0 Å². The number of alkyl halides is 5. The molecule has 0 aliphatic rings. The molecule has 1 heterocycles. The molecule has 0 spiro atoms. The molecule has 0 radical (unpaired) electrons. The standard InChI is InChI=1S/C9H13Cl5N4/c1-2-3-4-5-6-18-16-7(15-17-18)8(10,11)9(12,13)14/h2-6H2,1H3. The monoisotopic (exact) mass is 352 g/mol. The number of hydrogen-bond donors (Lipinski definition) is 0. The maximum absolute atomic E-state index is 5.93. The second-order valence-electron chi connectivity index (χ2n) is 3.84. The quantitative estimate of drug-likeness (QED) is 0.566. The molecule has 0 N–H and O–H groups in total. The van der Waals surface area contributed by atoms with Crippen LogP contribution in [0.3, 0.4) is 0 Å². The van der Waals surface area contributed by atoms with Gasteiger partial charge in [-0.1, -0.05) is 84.2 Å². The molecule has 0 fully saturated rings. The van der Waals surface area contributed by atoms with Gasteiger partial charge in [-0.05, 0) is 11.6 Å². The molecule has 0 amide bonds. The summed E-state index contributed by atoms with van der Waals surface area (Å²) in [4.78, 5) is 1.40. The Hall–Kier alpha value is 0.520. The van der Waals surface area contributed by atoms with E-state index < -0.39 is 8.13 Å². The van der Waals surface area contributed by atoms with E-state index in [1.54, 1.807) is 0 Å². The van der Waals surface area contributed by atoms with Gasteiger partial charge in [-0.3, -0.25) is 0 Å². The maximum atomic E-state index is 5.93. The number of unbranched alkanes of at least 4 members (excludes halogenated alkanes) is 3. The Morgan fingerprint density at radius 1 is 1.06 bits per heavy atom. The average molecular weight is 354 g/mol. The van der Waals surface area contributed by atoms with Gasteiger partial charge in [0.25, 0.3) is 0 Å². The molecule has 0 aromatic carbocycles. The number of tetrazole rings is 1. The summed E-state index contributed by atoms with van der Waals surface area (Å²) in [5.74, 6) is -0.0127. The molecule has 0 aliphatic heterocycles. The summed E-state index contributed by atoms with van der Waals surface area (Å²) >= 11 is 28.8. The van der Waals surface area contributed by atoms with Gasteiger partial charge < -0.3 is 0 Å². The summed E-state index contributed by atoms with van der Waals surface area (Å²) < 4.78 is -3.74. The number of aryl methyl sites for hydroxylation is 1. The Morgan fingerprint density at radius 3 is 2.28 bits per heavy atom. The predicted octanol–water partition coefficient (Wildman–Crippen LogP) is 4.25. The minimum atomic E-state index is -1.92. The minimum absolute atomic E-state index is 0.0127. The third kappa shape index (κ3) is 4.27. The molecule has 1 rings (SSSR count). The molecule has 9 heteroatoms. The predicted molar refractivity (Wildman–Crippen MR) is 75.6 cm³/mol. The second-order valence-corrected chi connectivity index (χ2v) is 7.45. The van der Waals surface area contributed by atoms with Crippen LogP contribution in [0.4, 0.5) is 0 Å². The summed E-state index contributed by atoms with van der Waals surface area (Å²) in [6, 6.07) is 0. The third-order valence-corrected chi connectivity index (χ3v) is 4.64. The zero-order valence-corrected chi connectivity index (χ0v) is 13.5. The van der Waals surface area contributed by atoms with Crippen molar-refractivity contribution in [3.8, 4) is 0 Å². The van der Waals surface area contributed by atoms with Crippen LogP contribution in [0.15, 0.2) is 0 Å². The van der Waals surface area contributed by atoms with Crippen LogP contribution >= 0.6 is 58.0 Å². The Morgan fingerprint density at radius 2 is 1.72 bits per heavy atom. The summed E-state index contributed by atoms with van der Waals surface area (Å²) in [6.07, 6.45) is 4.39. The number of hydrogen-bond acceptors (Lipinski definition) is 3. The number of nitrogens with zero attached hydrogens (tertiary/aromatic N) is 4. The first-order valence-corrected chi connectivity index (χ1v) is 7.41. The van der Waals surface area contributed by atoms with E-state index in [4.69, 9.17) is 58.0 Å². The van der Waals surface area contributed by atoms with Crippen LogP contribution < -0.4 is 0 Å². The molecule has 1 aromatic rings. The lowest BCUT2D eigenvalue weighted by Crippen LogP contribution is -2.29. The highest BCUT2D eigenvalue weighted by atomic mass is 35.6. The third-order valence-electron chi connectivity index (χ3n) is 2.30. The topological polar surface area (TPSA) is 43.6 Å². The molecule has 1 aromatic heterocycles. The lowest BCUT2D eigenvalue weighted by Gasteiger charge is -2.23. The van der Waals surface area contributed by atoms with E-state index in [1.165, 1.54) is 11.2 Å². The van der Waals surface area contributed by atoms with Gasteiger partial charge in [0.05, 0.1) is 6.54 Å². The Kier molecular flexibility index (Phi) is 6.26. The SMILES string of the molecule is CCCCCCn1nnc(C(Cl)(Cl)C(Cl)(Cl)Cl)n1. The molecular weight excluding hydrogens is 341 g/mol. The van der Waals surface area contributed by atoms with Crippen molar-refractivity contribution in [2.24, 2.45) is 0 Å². The number of rotatable bonds is 6. The summed E-state index contributed by atoms with van der Waals surface area (Å²) in [5.41, 5.74) is 0. The van der Waals surface area contributed by atoms with E-state index in [-0.39, 0.29) is 5.82 Å². The van der Waals surface area contributed by atoms with Crippen LogP contribution in [-0.2, 0) is 10.9 Å². The molecule has 0 saturated carbocycles. The maximum Gasteiger partial charge on any atom is 0.230 e. The van der Waals surface area contributed by atoms with E-state index in [1.807, 2.05) is 0 Å². The van der Waals surface area contributed by atoms with Crippen LogP contribution in [0.1, 0.15) is 38.4 Å². The van der Waals surface area contributed by atoms with Gasteiger partial charge in [0.1, 0.15) is 0 Å². The van der Waals surface area contributed by atoms with Crippen molar-refractivity contribution in [2.75, 3.05) is 0 Å². The van der Waals surface area contributed by atoms with Crippen molar-refractivity contribution in [2.45, 2.75) is 47.3 Å². The largest absolute Gasteiger partial charge is 0.230 e. The smallest absolute Gasteiger partial charge is 0.164 e. The highest BCUT2D eigenvalue weighted by Crippen LogP contribution is 2.51. The van der Waals surface area contributed by atoms with Gasteiger partial charge in [0, 0.05) is 0 Å². The number of aromatic nitrogens is 4. The van der Waals surface area contributed by atoms with E-state index >= 15 is 0 Å². The lowest BCUT2D eigenvalue weighted by molar-refractivity contribution is 0.478. The van der Waals surface area contributed by atoms with Gasteiger partial charge in [-0.25, -0.2) is 0 Å². The van der Waals surface area contributed by atoms with Crippen LogP contribution in [0.25, 0.3) is 0 Å². The first kappa shape index (κ1) is 16.6. The van der Waals surface area contributed by atoms with Gasteiger partial charge in [0.15, 0.2) is 0 Å². The van der Waals surface area contributed by atoms with Gasteiger partial charge in [0.2, 0.25) is 14.0 Å². The van der Waals surface area contributed by atoms with Gasteiger partial charge in [-0.2, -0.15) is 4.80 Å². The Balaban J connectivity index is 2.63. The number of halogens is 5. The van der Waals surface area contributed by atoms with Crippen molar-refractivity contribution in [3.05, 3.63) is 5.82 Å². The minimum Gasteiger partial charge on any atom is -0.164 e. The molecule has 0 aliphatic carbocycles. The zero-order valence-electron chi connectivity index (χ0n) is 9.71. The van der Waals surface area contributed by atoms with Crippen molar-refractivity contribution in [1.29, 1.82) is 0 Å². The summed E-state index contributed by atoms with van der Waals surface area (Å²) in [7, 11) is 0. The second kappa shape index (κ2) is 6.80. The molecule has 0 atom stereocenters. The molecule has 0 saturated heterocycles. The highest BCUT2D eigenvalue weighted by Gasteiger charge is 2.51. The van der Waals surface area contributed by atoms with Gasteiger partial charge in [-0.15, -0.1) is 10.2 Å². The fraction of sp³-hybridized carbons (Fsp3) is 0.889. The molecular formula is C9H13Cl5N4. The van der Waals surface area contributed by atoms with Crippen molar-refractivity contribution < 1.29 is 0 Å². The van der Waals surface area contributed by atoms with Crippen molar-refractivity contribution in [3.63, 3.8) is 0 Å². The van der Waals surface area contributed by atoms with Crippen LogP contribution in [0.2, 0.25) is 0 Å². The highest BCUT2D eigenvalue weighted by molar-refractivity contribution is 6.75. The van der Waals surface area contributed by atoms with E-state index in [2.05, 4.69) is 22.3 Å². The van der Waals surface area contributed by atoms with Crippen LogP contribution in [-0.4, -0.2) is 24.0 Å².